The van der Waals surface area contributed by atoms with E-state index in [1.54, 1.807) is 0 Å². The summed E-state index contributed by atoms with van der Waals surface area (Å²) < 4.78 is 0. The summed E-state index contributed by atoms with van der Waals surface area (Å²) in [6.45, 7) is 6.53. The number of H-pyrrole nitrogens is 1. The molecule has 0 aliphatic heterocycles. The molecule has 1 aliphatic rings. The predicted molar refractivity (Wildman–Crippen MR) is 62.3 cm³/mol. The number of hydrogen-bond donors (Lipinski definition) is 1. The van der Waals surface area contributed by atoms with Gasteiger partial charge in [-0.25, -0.2) is 0 Å². The van der Waals surface area contributed by atoms with E-state index in [1.165, 1.54) is 17.7 Å². The first-order valence-corrected chi connectivity index (χ1v) is 5.86. The lowest BCUT2D eigenvalue weighted by molar-refractivity contribution is 0.440. The fourth-order valence-corrected chi connectivity index (χ4v) is 2.69. The molecule has 1 heterocycles. The van der Waals surface area contributed by atoms with E-state index < -0.39 is 0 Å². The van der Waals surface area contributed by atoms with Gasteiger partial charge in [0.25, 0.3) is 5.56 Å². The van der Waals surface area contributed by atoms with Gasteiger partial charge < -0.3 is 4.98 Å². The molecule has 0 saturated heterocycles. The second kappa shape index (κ2) is 3.84. The highest BCUT2D eigenvalue weighted by atomic mass is 16.1. The van der Waals surface area contributed by atoms with Gasteiger partial charge in [-0.3, -0.25) is 4.79 Å². The van der Waals surface area contributed by atoms with Crippen LogP contribution < -0.4 is 5.56 Å². The summed E-state index contributed by atoms with van der Waals surface area (Å²) in [5, 5.41) is 0. The van der Waals surface area contributed by atoms with Crippen LogP contribution >= 0.6 is 0 Å². The lowest BCUT2D eigenvalue weighted by Crippen LogP contribution is -2.23. The van der Waals surface area contributed by atoms with E-state index in [4.69, 9.17) is 0 Å². The molecule has 0 bridgehead atoms. The van der Waals surface area contributed by atoms with Crippen LogP contribution in [0.5, 0.6) is 0 Å². The van der Waals surface area contributed by atoms with Crippen LogP contribution in [0.25, 0.3) is 0 Å². The minimum Gasteiger partial charge on any atom is -0.325 e. The Morgan fingerprint density at radius 1 is 1.47 bits per heavy atom. The molecule has 0 spiro atoms. The molecular weight excluding hydrogens is 186 g/mol. The average molecular weight is 205 g/mol. The normalized spacial score (nSPS) is 25.0. The zero-order chi connectivity index (χ0) is 11.0. The second-order valence-corrected chi connectivity index (χ2v) is 4.86. The lowest BCUT2D eigenvalue weighted by Gasteiger charge is -2.27. The molecule has 1 aliphatic carbocycles. The van der Waals surface area contributed by atoms with Crippen LogP contribution in [0.4, 0.5) is 0 Å². The zero-order valence-electron chi connectivity index (χ0n) is 9.76. The molecule has 2 nitrogen and oxygen atoms in total. The van der Waals surface area contributed by atoms with Crippen molar-refractivity contribution in [2.45, 2.75) is 46.0 Å². The Balaban J connectivity index is 2.52. The third-order valence-corrected chi connectivity index (χ3v) is 3.43. The number of nitrogens with one attached hydrogen (secondary N) is 1. The summed E-state index contributed by atoms with van der Waals surface area (Å²) in [5.74, 6) is 1.24. The monoisotopic (exact) mass is 205 g/mol. The van der Waals surface area contributed by atoms with Crippen molar-refractivity contribution in [3.63, 3.8) is 0 Å². The van der Waals surface area contributed by atoms with Crippen molar-refractivity contribution >= 4 is 0 Å². The Kier molecular flexibility index (Phi) is 2.68. The van der Waals surface area contributed by atoms with Crippen LogP contribution in [-0.4, -0.2) is 4.98 Å². The summed E-state index contributed by atoms with van der Waals surface area (Å²) in [7, 11) is 0. The summed E-state index contributed by atoms with van der Waals surface area (Å²) in [6, 6.07) is 2.11. The number of aryl methyl sites for hydroxylation is 1. The number of aromatic amines is 1. The molecule has 15 heavy (non-hydrogen) atoms. The van der Waals surface area contributed by atoms with Crippen LogP contribution in [0.2, 0.25) is 0 Å². The number of pyridine rings is 1. The van der Waals surface area contributed by atoms with Gasteiger partial charge in [0.1, 0.15) is 0 Å². The first-order chi connectivity index (χ1) is 7.11. The van der Waals surface area contributed by atoms with Crippen molar-refractivity contribution in [1.82, 2.24) is 4.98 Å². The van der Waals surface area contributed by atoms with E-state index in [0.717, 1.165) is 24.3 Å². The van der Waals surface area contributed by atoms with Gasteiger partial charge in [0.15, 0.2) is 0 Å². The van der Waals surface area contributed by atoms with Crippen molar-refractivity contribution in [2.24, 2.45) is 5.92 Å². The van der Waals surface area contributed by atoms with Crippen LogP contribution in [-0.2, 0) is 12.8 Å². The number of rotatable bonds is 1. The maximum Gasteiger partial charge on any atom is 0.251 e. The Labute approximate surface area is 90.7 Å². The van der Waals surface area contributed by atoms with Crippen LogP contribution in [0.1, 0.15) is 49.9 Å². The van der Waals surface area contributed by atoms with Crippen molar-refractivity contribution in [3.05, 3.63) is 33.2 Å². The van der Waals surface area contributed by atoms with E-state index in [2.05, 4.69) is 24.9 Å². The first-order valence-electron chi connectivity index (χ1n) is 5.86. The van der Waals surface area contributed by atoms with Crippen molar-refractivity contribution < 1.29 is 0 Å². The summed E-state index contributed by atoms with van der Waals surface area (Å²) in [6.07, 6.45) is 3.13. The predicted octanol–water partition coefficient (Wildman–Crippen LogP) is 2.62. The first kappa shape index (κ1) is 10.5. The Bertz CT molecular complexity index is 419. The van der Waals surface area contributed by atoms with E-state index in [0.29, 0.717) is 5.92 Å². The highest BCUT2D eigenvalue weighted by molar-refractivity contribution is 5.30. The van der Waals surface area contributed by atoms with Crippen molar-refractivity contribution in [3.8, 4) is 0 Å². The van der Waals surface area contributed by atoms with E-state index in [1.807, 2.05) is 6.92 Å². The quantitative estimate of drug-likeness (QED) is 0.751. The standard InChI is InChI=1S/C13H19NO/c1-4-10-7-11-6-8(2)5-9(3)12(11)14-13(10)15/h7-9H,4-6H2,1-3H3,(H,14,15). The average Bonchev–Trinajstić information content (AvgIpc) is 2.18. The molecule has 1 N–H and O–H groups in total. The molecule has 2 atom stereocenters. The van der Waals surface area contributed by atoms with Crippen LogP contribution in [0, 0.1) is 5.92 Å². The Morgan fingerprint density at radius 2 is 2.20 bits per heavy atom. The molecule has 0 amide bonds. The van der Waals surface area contributed by atoms with Gasteiger partial charge in [-0.15, -0.1) is 0 Å². The number of fused-ring (bicyclic) bond motifs is 1. The summed E-state index contributed by atoms with van der Waals surface area (Å²) in [4.78, 5) is 14.8. The number of hydrogen-bond acceptors (Lipinski definition) is 1. The molecule has 0 fully saturated rings. The minimum absolute atomic E-state index is 0.109. The summed E-state index contributed by atoms with van der Waals surface area (Å²) in [5.41, 5.74) is 3.57. The third-order valence-electron chi connectivity index (χ3n) is 3.43. The molecule has 2 heteroatoms. The van der Waals surface area contributed by atoms with Crippen molar-refractivity contribution in [2.75, 3.05) is 0 Å². The highest BCUT2D eigenvalue weighted by Gasteiger charge is 2.22. The minimum atomic E-state index is 0.109. The van der Waals surface area contributed by atoms with Crippen molar-refractivity contribution in [1.29, 1.82) is 0 Å². The topological polar surface area (TPSA) is 32.9 Å². The maximum absolute atomic E-state index is 11.7. The highest BCUT2D eigenvalue weighted by Crippen LogP contribution is 2.32. The van der Waals surface area contributed by atoms with E-state index in [9.17, 15) is 4.79 Å². The molecule has 2 rings (SSSR count). The second-order valence-electron chi connectivity index (χ2n) is 4.86. The molecular formula is C13H19NO. The van der Waals surface area contributed by atoms with Gasteiger partial charge in [0, 0.05) is 11.3 Å². The maximum atomic E-state index is 11.7. The van der Waals surface area contributed by atoms with Crippen LogP contribution in [0.3, 0.4) is 0 Å². The molecule has 82 valence electrons. The fourth-order valence-electron chi connectivity index (χ4n) is 2.69. The van der Waals surface area contributed by atoms with Gasteiger partial charge in [-0.05, 0) is 42.7 Å². The van der Waals surface area contributed by atoms with Gasteiger partial charge in [0.2, 0.25) is 0 Å². The van der Waals surface area contributed by atoms with Gasteiger partial charge in [0.05, 0.1) is 0 Å². The smallest absolute Gasteiger partial charge is 0.251 e. The van der Waals surface area contributed by atoms with Gasteiger partial charge >= 0.3 is 0 Å². The molecule has 2 unspecified atom stereocenters. The number of aromatic nitrogens is 1. The van der Waals surface area contributed by atoms with E-state index >= 15 is 0 Å². The molecule has 1 aromatic heterocycles. The molecule has 1 aromatic rings. The van der Waals surface area contributed by atoms with E-state index in [-0.39, 0.29) is 5.56 Å². The molecule has 0 saturated carbocycles. The Morgan fingerprint density at radius 3 is 2.87 bits per heavy atom. The van der Waals surface area contributed by atoms with Gasteiger partial charge in [-0.1, -0.05) is 20.8 Å². The summed E-state index contributed by atoms with van der Waals surface area (Å²) >= 11 is 0. The van der Waals surface area contributed by atoms with Crippen LogP contribution in [0.15, 0.2) is 10.9 Å². The third kappa shape index (κ3) is 1.85. The molecule has 0 aromatic carbocycles. The van der Waals surface area contributed by atoms with Gasteiger partial charge in [-0.2, -0.15) is 0 Å². The molecule has 0 radical (unpaired) electrons. The fraction of sp³-hybridized carbons (Fsp3) is 0.615. The zero-order valence-corrected chi connectivity index (χ0v) is 9.76. The SMILES string of the molecule is CCc1cc2c([nH]c1=O)C(C)CC(C)C2. The Hall–Kier alpha value is -1.05. The lowest BCUT2D eigenvalue weighted by atomic mass is 9.81. The largest absolute Gasteiger partial charge is 0.325 e.